The predicted octanol–water partition coefficient (Wildman–Crippen LogP) is 3.23. The van der Waals surface area contributed by atoms with Gasteiger partial charge < -0.3 is 9.15 Å². The van der Waals surface area contributed by atoms with Crippen LogP contribution in [-0.4, -0.2) is 10.6 Å². The van der Waals surface area contributed by atoms with Crippen molar-refractivity contribution in [2.24, 2.45) is 0 Å². The van der Waals surface area contributed by atoms with E-state index >= 15 is 0 Å². The minimum atomic E-state index is -0.535. The Morgan fingerprint density at radius 3 is 2.54 bits per heavy atom. The average Bonchev–Trinajstić information content (AvgIpc) is 3.00. The van der Waals surface area contributed by atoms with Crippen LogP contribution in [-0.2, 0) is 0 Å². The number of furan rings is 1. The van der Waals surface area contributed by atoms with Crippen molar-refractivity contribution in [3.63, 3.8) is 0 Å². The number of aryl methyl sites for hydroxylation is 2. The van der Waals surface area contributed by atoms with Gasteiger partial charge in [-0.25, -0.2) is 4.68 Å². The van der Waals surface area contributed by atoms with Crippen molar-refractivity contribution in [1.82, 2.24) is 4.68 Å². The molecule has 2 heterocycles. The smallest absolute Gasteiger partial charge is 0.306 e. The van der Waals surface area contributed by atoms with Gasteiger partial charge in [0.15, 0.2) is 5.76 Å². The van der Waals surface area contributed by atoms with Crippen molar-refractivity contribution in [2.75, 3.05) is 5.43 Å². The van der Waals surface area contributed by atoms with E-state index in [0.717, 1.165) is 5.56 Å². The van der Waals surface area contributed by atoms with Crippen LogP contribution in [0.5, 0.6) is 11.7 Å². The third kappa shape index (κ3) is 3.38. The van der Waals surface area contributed by atoms with Crippen LogP contribution >= 0.6 is 0 Å². The normalized spacial score (nSPS) is 10.4. The summed E-state index contributed by atoms with van der Waals surface area (Å²) in [6.07, 6.45) is 0. The first-order valence-electron chi connectivity index (χ1n) is 7.37. The SMILES string of the molecule is Cc1cc(C)n(NC(=O)c2ccc(Oc3ccccc3)o2)c(=O)c1. The van der Waals surface area contributed by atoms with Crippen molar-refractivity contribution >= 4 is 5.91 Å². The lowest BCUT2D eigenvalue weighted by Gasteiger charge is -2.10. The maximum absolute atomic E-state index is 12.2. The Hall–Kier alpha value is -3.28. The number of carbonyl (C=O) groups excluding carboxylic acids is 1. The molecule has 0 aliphatic rings. The van der Waals surface area contributed by atoms with E-state index in [1.807, 2.05) is 25.1 Å². The van der Waals surface area contributed by atoms with Gasteiger partial charge in [-0.1, -0.05) is 18.2 Å². The van der Waals surface area contributed by atoms with Crippen LogP contribution in [0.15, 0.2) is 63.8 Å². The zero-order valence-corrected chi connectivity index (χ0v) is 13.3. The lowest BCUT2D eigenvalue weighted by Crippen LogP contribution is -2.34. The summed E-state index contributed by atoms with van der Waals surface area (Å²) in [5.41, 5.74) is 3.66. The Balaban J connectivity index is 1.76. The molecule has 6 nitrogen and oxygen atoms in total. The summed E-state index contributed by atoms with van der Waals surface area (Å²) >= 11 is 0. The van der Waals surface area contributed by atoms with Gasteiger partial charge in [-0.05, 0) is 43.7 Å². The van der Waals surface area contributed by atoms with Crippen LogP contribution in [0, 0.1) is 13.8 Å². The van der Waals surface area contributed by atoms with Crippen molar-refractivity contribution in [3.05, 3.63) is 82.0 Å². The summed E-state index contributed by atoms with van der Waals surface area (Å²) in [6.45, 7) is 3.56. The molecule has 0 atom stereocenters. The van der Waals surface area contributed by atoms with Crippen LogP contribution < -0.4 is 15.7 Å². The Bertz CT molecular complexity index is 926. The number of carbonyl (C=O) groups is 1. The number of nitrogens with one attached hydrogen (secondary N) is 1. The maximum Gasteiger partial charge on any atom is 0.306 e. The van der Waals surface area contributed by atoms with Crippen LogP contribution in [0.25, 0.3) is 0 Å². The highest BCUT2D eigenvalue weighted by Gasteiger charge is 2.14. The number of aromatic nitrogens is 1. The second kappa shape index (κ2) is 6.45. The first-order valence-corrected chi connectivity index (χ1v) is 7.37. The van der Waals surface area contributed by atoms with Gasteiger partial charge in [-0.15, -0.1) is 0 Å². The molecule has 3 aromatic rings. The van der Waals surface area contributed by atoms with Crippen molar-refractivity contribution < 1.29 is 13.9 Å². The molecule has 0 aliphatic carbocycles. The standard InChI is InChI=1S/C18H16N2O4/c1-12-10-13(2)20(16(21)11-12)19-18(22)15-8-9-17(24-15)23-14-6-4-3-5-7-14/h3-11H,1-2H3,(H,19,22). The Labute approximate surface area is 138 Å². The average molecular weight is 324 g/mol. The third-order valence-corrected chi connectivity index (χ3v) is 3.34. The van der Waals surface area contributed by atoms with Crippen molar-refractivity contribution in [3.8, 4) is 11.7 Å². The number of ether oxygens (including phenoxy) is 1. The van der Waals surface area contributed by atoms with Gasteiger partial charge in [-0.3, -0.25) is 15.0 Å². The topological polar surface area (TPSA) is 73.5 Å². The van der Waals surface area contributed by atoms with E-state index in [0.29, 0.717) is 11.4 Å². The van der Waals surface area contributed by atoms with E-state index in [4.69, 9.17) is 9.15 Å². The Kier molecular flexibility index (Phi) is 4.20. The molecule has 122 valence electrons. The summed E-state index contributed by atoms with van der Waals surface area (Å²) in [6, 6.07) is 15.4. The fraction of sp³-hybridized carbons (Fsp3) is 0.111. The number of hydrogen-bond acceptors (Lipinski definition) is 4. The molecule has 0 saturated heterocycles. The lowest BCUT2D eigenvalue weighted by molar-refractivity contribution is 0.0975. The fourth-order valence-electron chi connectivity index (χ4n) is 2.27. The third-order valence-electron chi connectivity index (χ3n) is 3.34. The molecule has 6 heteroatoms. The van der Waals surface area contributed by atoms with Crippen molar-refractivity contribution in [1.29, 1.82) is 0 Å². The number of amides is 1. The number of benzene rings is 1. The number of pyridine rings is 1. The summed E-state index contributed by atoms with van der Waals surface area (Å²) < 4.78 is 12.1. The molecule has 0 fully saturated rings. The first-order chi connectivity index (χ1) is 11.5. The highest BCUT2D eigenvalue weighted by atomic mass is 16.6. The molecule has 0 saturated carbocycles. The molecule has 0 radical (unpaired) electrons. The van der Waals surface area contributed by atoms with Gasteiger partial charge in [0.05, 0.1) is 0 Å². The monoisotopic (exact) mass is 324 g/mol. The molecule has 0 unspecified atom stereocenters. The van der Waals surface area contributed by atoms with Crippen LogP contribution in [0.3, 0.4) is 0 Å². The number of para-hydroxylation sites is 1. The van der Waals surface area contributed by atoms with E-state index in [9.17, 15) is 9.59 Å². The van der Waals surface area contributed by atoms with Gasteiger partial charge in [0.25, 0.3) is 11.5 Å². The second-order valence-corrected chi connectivity index (χ2v) is 5.32. The van der Waals surface area contributed by atoms with Crippen LogP contribution in [0.4, 0.5) is 0 Å². The van der Waals surface area contributed by atoms with Gasteiger partial charge in [0.1, 0.15) is 5.75 Å². The molecule has 1 amide bonds. The van der Waals surface area contributed by atoms with Gasteiger partial charge in [0, 0.05) is 17.8 Å². The zero-order valence-electron chi connectivity index (χ0n) is 13.3. The van der Waals surface area contributed by atoms with E-state index in [1.165, 1.54) is 16.8 Å². The highest BCUT2D eigenvalue weighted by Crippen LogP contribution is 2.23. The van der Waals surface area contributed by atoms with Gasteiger partial charge in [0.2, 0.25) is 0 Å². The minimum Gasteiger partial charge on any atom is -0.426 e. The summed E-state index contributed by atoms with van der Waals surface area (Å²) in [5.74, 6) is 0.309. The molecule has 0 spiro atoms. The van der Waals surface area contributed by atoms with Crippen LogP contribution in [0.2, 0.25) is 0 Å². The lowest BCUT2D eigenvalue weighted by atomic mass is 10.2. The number of rotatable bonds is 4. The summed E-state index contributed by atoms with van der Waals surface area (Å²) in [7, 11) is 0. The summed E-state index contributed by atoms with van der Waals surface area (Å²) in [4.78, 5) is 24.2. The van der Waals surface area contributed by atoms with E-state index in [-0.39, 0.29) is 17.3 Å². The minimum absolute atomic E-state index is 0.0489. The molecule has 3 rings (SSSR count). The zero-order chi connectivity index (χ0) is 17.1. The largest absolute Gasteiger partial charge is 0.426 e. The number of nitrogens with zero attached hydrogens (tertiary/aromatic N) is 1. The highest BCUT2D eigenvalue weighted by molar-refractivity contribution is 5.97. The Morgan fingerprint density at radius 1 is 1.08 bits per heavy atom. The Morgan fingerprint density at radius 2 is 1.83 bits per heavy atom. The van der Waals surface area contributed by atoms with Gasteiger partial charge in [-0.2, -0.15) is 0 Å². The molecule has 2 aromatic heterocycles. The molecular weight excluding hydrogens is 308 g/mol. The maximum atomic E-state index is 12.2. The second-order valence-electron chi connectivity index (χ2n) is 5.32. The summed E-state index contributed by atoms with van der Waals surface area (Å²) in [5, 5.41) is 0. The molecule has 0 bridgehead atoms. The molecule has 0 aliphatic heterocycles. The molecule has 1 aromatic carbocycles. The first kappa shape index (κ1) is 15.6. The predicted molar refractivity (Wildman–Crippen MR) is 89.1 cm³/mol. The van der Waals surface area contributed by atoms with E-state index < -0.39 is 5.91 Å². The molecule has 1 N–H and O–H groups in total. The molecular formula is C18H16N2O4. The van der Waals surface area contributed by atoms with E-state index in [2.05, 4.69) is 5.43 Å². The van der Waals surface area contributed by atoms with E-state index in [1.54, 1.807) is 31.2 Å². The molecule has 24 heavy (non-hydrogen) atoms. The van der Waals surface area contributed by atoms with Crippen molar-refractivity contribution in [2.45, 2.75) is 13.8 Å². The van der Waals surface area contributed by atoms with Gasteiger partial charge >= 0.3 is 5.91 Å². The van der Waals surface area contributed by atoms with Crippen LogP contribution in [0.1, 0.15) is 21.8 Å². The quantitative estimate of drug-likeness (QED) is 0.799. The fourth-order valence-corrected chi connectivity index (χ4v) is 2.27. The number of hydrogen-bond donors (Lipinski definition) is 1.